The molecule has 16 heavy (non-hydrogen) atoms. The Morgan fingerprint density at radius 3 is 1.94 bits per heavy atom. The van der Waals surface area contributed by atoms with E-state index in [1.165, 1.54) is 6.26 Å². The molecule has 0 bridgehead atoms. The van der Waals surface area contributed by atoms with Crippen LogP contribution in [0.2, 0.25) is 0 Å². The Hall–Kier alpha value is -1.32. The largest absolute Gasteiger partial charge is 0.481 e. The van der Waals surface area contributed by atoms with Crippen LogP contribution in [-0.2, 0) is 14.3 Å². The zero-order valence-electron chi connectivity index (χ0n) is 10.4. The van der Waals surface area contributed by atoms with Crippen molar-refractivity contribution in [1.82, 2.24) is 0 Å². The number of rotatable bonds is 6. The third-order valence-electron chi connectivity index (χ3n) is 1.81. The molecule has 0 saturated carbocycles. The second kappa shape index (κ2) is 11.8. The molecule has 94 valence electrons. The molecule has 0 heterocycles. The predicted octanol–water partition coefficient (Wildman–Crippen LogP) is 2.98. The summed E-state index contributed by atoms with van der Waals surface area (Å²) in [6, 6.07) is 0. The Bertz CT molecular complexity index is 201. The second-order valence-electron chi connectivity index (χ2n) is 3.40. The van der Waals surface area contributed by atoms with E-state index in [9.17, 15) is 4.79 Å². The normalized spacial score (nSPS) is 9.00. The minimum atomic E-state index is -0.833. The van der Waals surface area contributed by atoms with E-state index in [4.69, 9.17) is 14.6 Å². The first-order valence-corrected chi connectivity index (χ1v) is 5.50. The second-order valence-corrected chi connectivity index (χ2v) is 3.40. The molecule has 0 amide bonds. The fraction of sp³-hybridized carbons (Fsp3) is 0.667. The first-order chi connectivity index (χ1) is 7.49. The Kier molecular flexibility index (Phi) is 12.6. The maximum atomic E-state index is 11.2. The van der Waals surface area contributed by atoms with Crippen molar-refractivity contribution in [1.29, 1.82) is 0 Å². The molecule has 0 spiro atoms. The van der Waals surface area contributed by atoms with Gasteiger partial charge in [-0.25, -0.2) is 0 Å². The molecule has 0 aromatic carbocycles. The van der Waals surface area contributed by atoms with Crippen molar-refractivity contribution >= 4 is 11.9 Å². The fourth-order valence-electron chi connectivity index (χ4n) is 1.26. The Balaban J connectivity index is 0. The minimum absolute atomic E-state index is 0.0676. The van der Waals surface area contributed by atoms with E-state index in [1.807, 2.05) is 0 Å². The number of hydrogen-bond donors (Lipinski definition) is 1. The average molecular weight is 230 g/mol. The van der Waals surface area contributed by atoms with E-state index in [2.05, 4.69) is 20.4 Å². The number of hydrogen-bond acceptors (Lipinski definition) is 3. The highest BCUT2D eigenvalue weighted by Crippen LogP contribution is 2.15. The Morgan fingerprint density at radius 2 is 1.69 bits per heavy atom. The lowest BCUT2D eigenvalue weighted by Crippen LogP contribution is -2.15. The quantitative estimate of drug-likeness (QED) is 0.562. The van der Waals surface area contributed by atoms with Gasteiger partial charge in [0.25, 0.3) is 5.97 Å². The molecule has 0 atom stereocenters. The predicted molar refractivity (Wildman–Crippen MR) is 62.9 cm³/mol. The zero-order valence-corrected chi connectivity index (χ0v) is 10.4. The average Bonchev–Trinajstić information content (AvgIpc) is 2.17. The van der Waals surface area contributed by atoms with Gasteiger partial charge < -0.3 is 9.84 Å². The number of carboxylic acid groups (broad SMARTS) is 1. The molecular formula is C12H22O4. The molecular weight excluding hydrogens is 208 g/mol. The van der Waals surface area contributed by atoms with Gasteiger partial charge in [0.2, 0.25) is 0 Å². The maximum Gasteiger partial charge on any atom is 0.313 e. The molecule has 0 rings (SSSR count). The summed E-state index contributed by atoms with van der Waals surface area (Å²) >= 11 is 0. The number of carboxylic acids is 1. The van der Waals surface area contributed by atoms with Crippen molar-refractivity contribution in [2.75, 3.05) is 0 Å². The lowest BCUT2D eigenvalue weighted by Gasteiger charge is -2.11. The highest BCUT2D eigenvalue weighted by atomic mass is 16.5. The van der Waals surface area contributed by atoms with Crippen LogP contribution in [0.4, 0.5) is 0 Å². The summed E-state index contributed by atoms with van der Waals surface area (Å²) in [5.74, 6) is -0.897. The number of carbonyl (C=O) groups excluding carboxylic acids is 1. The molecule has 0 aliphatic heterocycles. The van der Waals surface area contributed by atoms with E-state index in [0.29, 0.717) is 0 Å². The number of aliphatic carboxylic acids is 1. The van der Waals surface area contributed by atoms with Gasteiger partial charge in [-0.1, -0.05) is 33.3 Å². The summed E-state index contributed by atoms with van der Waals surface area (Å²) in [4.78, 5) is 20.2. The van der Waals surface area contributed by atoms with Gasteiger partial charge in [-0.05, 0) is 12.8 Å². The third kappa shape index (κ3) is 12.7. The lowest BCUT2D eigenvalue weighted by molar-refractivity contribution is -0.143. The molecule has 4 heteroatoms. The van der Waals surface area contributed by atoms with Crippen molar-refractivity contribution in [3.05, 3.63) is 12.8 Å². The summed E-state index contributed by atoms with van der Waals surface area (Å²) in [5.41, 5.74) is 0. The minimum Gasteiger partial charge on any atom is -0.481 e. The first-order valence-electron chi connectivity index (χ1n) is 5.50. The Morgan fingerprint density at radius 1 is 1.31 bits per heavy atom. The maximum absolute atomic E-state index is 11.2. The van der Waals surface area contributed by atoms with Crippen LogP contribution in [0.1, 0.15) is 46.5 Å². The van der Waals surface area contributed by atoms with Gasteiger partial charge in [0.05, 0.1) is 12.2 Å². The van der Waals surface area contributed by atoms with Crippen molar-refractivity contribution < 1.29 is 19.4 Å². The topological polar surface area (TPSA) is 63.6 Å². The van der Waals surface area contributed by atoms with Gasteiger partial charge in [0.1, 0.15) is 0 Å². The van der Waals surface area contributed by atoms with Crippen molar-refractivity contribution in [3.8, 4) is 0 Å². The van der Waals surface area contributed by atoms with Crippen LogP contribution in [0, 0.1) is 5.92 Å². The summed E-state index contributed by atoms with van der Waals surface area (Å²) in [6.07, 6.45) is 5.09. The van der Waals surface area contributed by atoms with Gasteiger partial charge in [-0.3, -0.25) is 9.59 Å². The summed E-state index contributed by atoms with van der Waals surface area (Å²) in [7, 11) is 0. The van der Waals surface area contributed by atoms with Gasteiger partial charge in [-0.15, -0.1) is 0 Å². The van der Waals surface area contributed by atoms with Crippen LogP contribution in [0.15, 0.2) is 12.8 Å². The van der Waals surface area contributed by atoms with Crippen molar-refractivity contribution in [2.24, 2.45) is 5.92 Å². The molecule has 0 unspecified atom stereocenters. The molecule has 0 saturated heterocycles. The summed E-state index contributed by atoms with van der Waals surface area (Å²) in [6.45, 7) is 8.59. The standard InChI is InChI=1S/C10H18O2.C2H4O2/c1-4-7-9(8-5-2)10(11)12-6-3;1-2(3)4/h6,9H,3-5,7-8H2,1-2H3;1H3,(H,3,4). The van der Waals surface area contributed by atoms with E-state index >= 15 is 0 Å². The van der Waals surface area contributed by atoms with Crippen LogP contribution >= 0.6 is 0 Å². The highest BCUT2D eigenvalue weighted by molar-refractivity contribution is 5.72. The molecule has 4 nitrogen and oxygen atoms in total. The van der Waals surface area contributed by atoms with Crippen LogP contribution in [0.5, 0.6) is 0 Å². The summed E-state index contributed by atoms with van der Waals surface area (Å²) in [5, 5.41) is 7.42. The SMILES string of the molecule is C=COC(=O)C(CCC)CCC.CC(=O)O. The molecule has 0 aromatic rings. The lowest BCUT2D eigenvalue weighted by atomic mass is 9.99. The Labute approximate surface area is 97.3 Å². The van der Waals surface area contributed by atoms with Crippen LogP contribution < -0.4 is 0 Å². The number of esters is 1. The molecule has 0 radical (unpaired) electrons. The molecule has 1 N–H and O–H groups in total. The van der Waals surface area contributed by atoms with Gasteiger partial charge in [-0.2, -0.15) is 0 Å². The van der Waals surface area contributed by atoms with Crippen LogP contribution in [0.25, 0.3) is 0 Å². The summed E-state index contributed by atoms with van der Waals surface area (Å²) < 4.78 is 4.73. The van der Waals surface area contributed by atoms with Gasteiger partial charge in [0.15, 0.2) is 0 Å². The molecule has 0 fully saturated rings. The monoisotopic (exact) mass is 230 g/mol. The van der Waals surface area contributed by atoms with Gasteiger partial charge >= 0.3 is 5.97 Å². The first kappa shape index (κ1) is 17.1. The smallest absolute Gasteiger partial charge is 0.313 e. The third-order valence-corrected chi connectivity index (χ3v) is 1.81. The van der Waals surface area contributed by atoms with E-state index in [0.717, 1.165) is 32.6 Å². The molecule has 0 aliphatic carbocycles. The van der Waals surface area contributed by atoms with Crippen molar-refractivity contribution in [3.63, 3.8) is 0 Å². The number of carbonyl (C=O) groups is 2. The van der Waals surface area contributed by atoms with E-state index in [-0.39, 0.29) is 11.9 Å². The zero-order chi connectivity index (χ0) is 13.0. The molecule has 0 aromatic heterocycles. The van der Waals surface area contributed by atoms with E-state index < -0.39 is 5.97 Å². The molecule has 0 aliphatic rings. The number of ether oxygens (including phenoxy) is 1. The van der Waals surface area contributed by atoms with Crippen molar-refractivity contribution in [2.45, 2.75) is 46.5 Å². The fourth-order valence-corrected chi connectivity index (χ4v) is 1.26. The van der Waals surface area contributed by atoms with Gasteiger partial charge in [0, 0.05) is 6.92 Å². The van der Waals surface area contributed by atoms with Crippen LogP contribution in [-0.4, -0.2) is 17.0 Å². The highest BCUT2D eigenvalue weighted by Gasteiger charge is 2.16. The van der Waals surface area contributed by atoms with E-state index in [1.54, 1.807) is 0 Å². The van der Waals surface area contributed by atoms with Crippen LogP contribution in [0.3, 0.4) is 0 Å².